The predicted molar refractivity (Wildman–Crippen MR) is 207 cm³/mol. The van der Waals surface area contributed by atoms with E-state index < -0.39 is 0 Å². The minimum absolute atomic E-state index is 0.0290. The molecule has 11 aromatic rings. The van der Waals surface area contributed by atoms with E-state index in [1.54, 1.807) is 15.7 Å². The van der Waals surface area contributed by atoms with Crippen molar-refractivity contribution in [1.82, 2.24) is 14.0 Å². The maximum Gasteiger partial charge on any atom is 0.266 e. The van der Waals surface area contributed by atoms with Crippen LogP contribution in [0, 0.1) is 0 Å². The number of hydrogen-bond donors (Lipinski definition) is 0. The summed E-state index contributed by atoms with van der Waals surface area (Å²) in [6, 6.07) is 53.7. The molecule has 49 heavy (non-hydrogen) atoms. The first-order chi connectivity index (χ1) is 24.2. The SMILES string of the molecule is O=c1c2ccccc2nc2sc3ccc(-c4ccc5c(c4)c4ccccc4n5-c4ccc5c6ccccc6c6ccccc6c5c4)cc3n12. The molecular formula is C44H25N3OS. The highest BCUT2D eigenvalue weighted by Crippen LogP contribution is 2.39. The molecule has 3 aromatic heterocycles. The normalized spacial score (nSPS) is 12.2. The first-order valence-electron chi connectivity index (χ1n) is 16.4. The molecule has 11 rings (SSSR count). The molecule has 0 unspecified atom stereocenters. The Kier molecular flexibility index (Phi) is 5.38. The van der Waals surface area contributed by atoms with E-state index in [2.05, 4.69) is 132 Å². The van der Waals surface area contributed by atoms with Crippen LogP contribution in [0.5, 0.6) is 0 Å². The summed E-state index contributed by atoms with van der Waals surface area (Å²) in [5, 5.41) is 10.6. The van der Waals surface area contributed by atoms with Crippen LogP contribution in [0.3, 0.4) is 0 Å². The molecule has 0 aliphatic heterocycles. The van der Waals surface area contributed by atoms with Crippen LogP contribution in [0.2, 0.25) is 0 Å². The van der Waals surface area contributed by atoms with Crippen molar-refractivity contribution >= 4 is 91.5 Å². The van der Waals surface area contributed by atoms with Gasteiger partial charge in [0.25, 0.3) is 5.56 Å². The van der Waals surface area contributed by atoms with E-state index >= 15 is 0 Å². The number of rotatable bonds is 2. The van der Waals surface area contributed by atoms with Gasteiger partial charge in [-0.05, 0) is 98.0 Å². The summed E-state index contributed by atoms with van der Waals surface area (Å²) in [5.74, 6) is 0. The third kappa shape index (κ3) is 3.73. The molecule has 0 amide bonds. The molecule has 0 saturated heterocycles. The number of fused-ring (bicyclic) bond motifs is 13. The quantitative estimate of drug-likeness (QED) is 0.176. The minimum Gasteiger partial charge on any atom is -0.309 e. The van der Waals surface area contributed by atoms with Gasteiger partial charge in [0, 0.05) is 16.5 Å². The third-order valence-electron chi connectivity index (χ3n) is 10.1. The summed E-state index contributed by atoms with van der Waals surface area (Å²) < 4.78 is 5.20. The number of hydrogen-bond acceptors (Lipinski definition) is 3. The highest BCUT2D eigenvalue weighted by molar-refractivity contribution is 7.23. The average molecular weight is 644 g/mol. The standard InChI is InChI=1S/C44H25N3OS/c48-43-35-14-5-7-15-38(35)45-44-47(43)41-24-27(18-22-42(41)49-44)26-17-21-40-37(23-26)34-13-6-8-16-39(34)46(40)28-19-20-33-31-11-2-1-9-29(31)30-10-3-4-12-32(30)36(33)25-28/h1-25H. The summed E-state index contributed by atoms with van der Waals surface area (Å²) in [6.45, 7) is 0. The molecule has 5 heteroatoms. The van der Waals surface area contributed by atoms with Crippen molar-refractivity contribution in [3.8, 4) is 16.8 Å². The van der Waals surface area contributed by atoms with Gasteiger partial charge in [0.2, 0.25) is 0 Å². The number of para-hydroxylation sites is 2. The summed E-state index contributed by atoms with van der Waals surface area (Å²) in [7, 11) is 0. The van der Waals surface area contributed by atoms with E-state index in [1.807, 2.05) is 24.3 Å². The second-order valence-electron chi connectivity index (χ2n) is 12.7. The highest BCUT2D eigenvalue weighted by Gasteiger charge is 2.17. The summed E-state index contributed by atoms with van der Waals surface area (Å²) in [5.41, 5.74) is 7.22. The monoisotopic (exact) mass is 643 g/mol. The van der Waals surface area contributed by atoms with Crippen LogP contribution in [-0.2, 0) is 0 Å². The molecule has 0 N–H and O–H groups in total. The maximum absolute atomic E-state index is 13.6. The van der Waals surface area contributed by atoms with Gasteiger partial charge in [0.15, 0.2) is 4.96 Å². The van der Waals surface area contributed by atoms with Crippen molar-refractivity contribution in [1.29, 1.82) is 0 Å². The smallest absolute Gasteiger partial charge is 0.266 e. The van der Waals surface area contributed by atoms with Crippen molar-refractivity contribution in [2.75, 3.05) is 0 Å². The van der Waals surface area contributed by atoms with Crippen LogP contribution in [0.1, 0.15) is 0 Å². The largest absolute Gasteiger partial charge is 0.309 e. The Balaban J connectivity index is 1.13. The highest BCUT2D eigenvalue weighted by atomic mass is 32.1. The van der Waals surface area contributed by atoms with Gasteiger partial charge < -0.3 is 4.57 Å². The van der Waals surface area contributed by atoms with E-state index in [4.69, 9.17) is 4.98 Å². The Morgan fingerprint density at radius 3 is 1.82 bits per heavy atom. The molecule has 0 aliphatic carbocycles. The Labute approximate surface area is 283 Å². The predicted octanol–water partition coefficient (Wildman–Crippen LogP) is 11.3. The van der Waals surface area contributed by atoms with Gasteiger partial charge in [-0.1, -0.05) is 108 Å². The van der Waals surface area contributed by atoms with Crippen molar-refractivity contribution in [2.45, 2.75) is 0 Å². The van der Waals surface area contributed by atoms with E-state index in [0.717, 1.165) is 38.1 Å². The third-order valence-corrected chi connectivity index (χ3v) is 11.2. The fraction of sp³-hybridized carbons (Fsp3) is 0. The zero-order valence-electron chi connectivity index (χ0n) is 26.1. The molecular weight excluding hydrogens is 619 g/mol. The van der Waals surface area contributed by atoms with Gasteiger partial charge >= 0.3 is 0 Å². The summed E-state index contributed by atoms with van der Waals surface area (Å²) in [4.78, 5) is 19.1. The van der Waals surface area contributed by atoms with Crippen LogP contribution < -0.4 is 5.56 Å². The molecule has 4 nitrogen and oxygen atoms in total. The van der Waals surface area contributed by atoms with Gasteiger partial charge in [-0.2, -0.15) is 0 Å². The fourth-order valence-corrected chi connectivity index (χ4v) is 8.92. The molecule has 0 fully saturated rings. The van der Waals surface area contributed by atoms with Crippen LogP contribution >= 0.6 is 11.3 Å². The van der Waals surface area contributed by atoms with E-state index in [0.29, 0.717) is 10.3 Å². The van der Waals surface area contributed by atoms with Crippen molar-refractivity contribution in [3.05, 3.63) is 162 Å². The molecule has 3 heterocycles. The Hall–Kier alpha value is -6.30. The van der Waals surface area contributed by atoms with Crippen molar-refractivity contribution < 1.29 is 0 Å². The second-order valence-corrected chi connectivity index (χ2v) is 13.8. The van der Waals surface area contributed by atoms with Crippen LogP contribution in [0.25, 0.3) is 97.0 Å². The summed E-state index contributed by atoms with van der Waals surface area (Å²) >= 11 is 1.55. The number of nitrogens with zero attached hydrogens (tertiary/aromatic N) is 3. The summed E-state index contributed by atoms with van der Waals surface area (Å²) in [6.07, 6.45) is 0. The molecule has 0 spiro atoms. The molecule has 0 atom stereocenters. The topological polar surface area (TPSA) is 39.3 Å². The average Bonchev–Trinajstić information content (AvgIpc) is 3.70. The second kappa shape index (κ2) is 9.86. The van der Waals surface area contributed by atoms with Crippen LogP contribution in [0.4, 0.5) is 0 Å². The Morgan fingerprint density at radius 1 is 0.449 bits per heavy atom. The molecule has 0 radical (unpaired) electrons. The molecule has 8 aromatic carbocycles. The zero-order chi connectivity index (χ0) is 32.2. The number of thiazole rings is 1. The van der Waals surface area contributed by atoms with Gasteiger partial charge in [-0.25, -0.2) is 4.98 Å². The lowest BCUT2D eigenvalue weighted by Crippen LogP contribution is -2.13. The van der Waals surface area contributed by atoms with Crippen LogP contribution in [0.15, 0.2) is 156 Å². The van der Waals surface area contributed by atoms with Gasteiger partial charge in [-0.15, -0.1) is 0 Å². The maximum atomic E-state index is 13.6. The molecule has 0 aliphatic rings. The van der Waals surface area contributed by atoms with Gasteiger partial charge in [0.1, 0.15) is 0 Å². The van der Waals surface area contributed by atoms with Crippen molar-refractivity contribution in [3.63, 3.8) is 0 Å². The molecule has 0 bridgehead atoms. The Bertz CT molecular complexity index is 3220. The number of aromatic nitrogens is 3. The molecule has 228 valence electrons. The van der Waals surface area contributed by atoms with E-state index in [9.17, 15) is 4.79 Å². The van der Waals surface area contributed by atoms with E-state index in [-0.39, 0.29) is 5.56 Å². The first kappa shape index (κ1) is 26.7. The minimum atomic E-state index is -0.0290. The fourth-order valence-electron chi connectivity index (χ4n) is 7.91. The van der Waals surface area contributed by atoms with E-state index in [1.165, 1.54) is 48.6 Å². The first-order valence-corrected chi connectivity index (χ1v) is 17.2. The lowest BCUT2D eigenvalue weighted by Gasteiger charge is -2.14. The number of benzene rings is 8. The molecule has 0 saturated carbocycles. The lowest BCUT2D eigenvalue weighted by atomic mass is 9.94. The van der Waals surface area contributed by atoms with Crippen LogP contribution in [-0.4, -0.2) is 14.0 Å². The van der Waals surface area contributed by atoms with Gasteiger partial charge in [0.05, 0.1) is 32.2 Å². The zero-order valence-corrected chi connectivity index (χ0v) is 26.9. The lowest BCUT2D eigenvalue weighted by molar-refractivity contribution is 1.16. The Morgan fingerprint density at radius 2 is 1.04 bits per heavy atom. The van der Waals surface area contributed by atoms with Crippen molar-refractivity contribution in [2.24, 2.45) is 0 Å². The van der Waals surface area contributed by atoms with Gasteiger partial charge in [-0.3, -0.25) is 9.20 Å².